The van der Waals surface area contributed by atoms with Crippen LogP contribution in [-0.4, -0.2) is 24.0 Å². The van der Waals surface area contributed by atoms with Crippen molar-refractivity contribution in [3.8, 4) is 0 Å². The standard InChI is InChI=1S/C11H14ClFN2.ClH/c12-9-1-2-11(13)8(5-9)6-15-4-3-10(14)7-15;/h1-2,5,10H,3-4,6-7,14H2;1H/t10-;/m0./s1. The lowest BCUT2D eigenvalue weighted by Gasteiger charge is -2.15. The molecule has 1 fully saturated rings. The maximum atomic E-state index is 13.4. The zero-order valence-corrected chi connectivity index (χ0v) is 10.4. The van der Waals surface area contributed by atoms with E-state index in [1.54, 1.807) is 12.1 Å². The van der Waals surface area contributed by atoms with Crippen molar-refractivity contribution < 1.29 is 4.39 Å². The molecule has 0 saturated carbocycles. The predicted molar refractivity (Wildman–Crippen MR) is 66.5 cm³/mol. The van der Waals surface area contributed by atoms with E-state index in [9.17, 15) is 4.39 Å². The van der Waals surface area contributed by atoms with E-state index in [1.807, 2.05) is 0 Å². The number of nitrogens with two attached hydrogens (primary N) is 1. The summed E-state index contributed by atoms with van der Waals surface area (Å²) in [5.74, 6) is -0.195. The zero-order chi connectivity index (χ0) is 10.8. The van der Waals surface area contributed by atoms with Crippen LogP contribution in [-0.2, 0) is 6.54 Å². The highest BCUT2D eigenvalue weighted by atomic mass is 35.5. The molecule has 0 amide bonds. The minimum atomic E-state index is -0.195. The molecule has 2 N–H and O–H groups in total. The molecule has 1 saturated heterocycles. The second-order valence-corrected chi connectivity index (χ2v) is 4.46. The van der Waals surface area contributed by atoms with Gasteiger partial charge in [-0.25, -0.2) is 4.39 Å². The number of nitrogens with zero attached hydrogens (tertiary/aromatic N) is 1. The Morgan fingerprint density at radius 2 is 2.25 bits per heavy atom. The average Bonchev–Trinajstić information content (AvgIpc) is 2.58. The Balaban J connectivity index is 0.00000128. The lowest BCUT2D eigenvalue weighted by atomic mass is 10.2. The molecule has 2 rings (SSSR count). The fraction of sp³-hybridized carbons (Fsp3) is 0.455. The van der Waals surface area contributed by atoms with Crippen molar-refractivity contribution in [3.63, 3.8) is 0 Å². The number of hydrogen-bond acceptors (Lipinski definition) is 2. The van der Waals surface area contributed by atoms with Gasteiger partial charge in [0.25, 0.3) is 0 Å². The molecule has 0 radical (unpaired) electrons. The smallest absolute Gasteiger partial charge is 0.127 e. The van der Waals surface area contributed by atoms with E-state index in [0.29, 0.717) is 17.1 Å². The third-order valence-electron chi connectivity index (χ3n) is 2.71. The molecule has 1 aromatic carbocycles. The van der Waals surface area contributed by atoms with Crippen molar-refractivity contribution in [2.24, 2.45) is 5.73 Å². The van der Waals surface area contributed by atoms with E-state index < -0.39 is 0 Å². The molecule has 0 aliphatic carbocycles. The van der Waals surface area contributed by atoms with Crippen molar-refractivity contribution in [2.45, 2.75) is 19.0 Å². The summed E-state index contributed by atoms with van der Waals surface area (Å²) in [6.45, 7) is 2.37. The second kappa shape index (κ2) is 5.82. The fourth-order valence-electron chi connectivity index (χ4n) is 1.91. The van der Waals surface area contributed by atoms with Crippen LogP contribution in [0.25, 0.3) is 0 Å². The largest absolute Gasteiger partial charge is 0.326 e. The molecular formula is C11H15Cl2FN2. The van der Waals surface area contributed by atoms with Gasteiger partial charge < -0.3 is 5.73 Å². The SMILES string of the molecule is Cl.N[C@H]1CCN(Cc2cc(Cl)ccc2F)C1. The Bertz CT molecular complexity index is 360. The van der Waals surface area contributed by atoms with Gasteiger partial charge in [-0.1, -0.05) is 11.6 Å². The van der Waals surface area contributed by atoms with Crippen LogP contribution in [0.15, 0.2) is 18.2 Å². The van der Waals surface area contributed by atoms with E-state index in [2.05, 4.69) is 4.90 Å². The molecule has 16 heavy (non-hydrogen) atoms. The molecule has 1 atom stereocenters. The van der Waals surface area contributed by atoms with Gasteiger partial charge >= 0.3 is 0 Å². The molecule has 1 aliphatic heterocycles. The van der Waals surface area contributed by atoms with Crippen LogP contribution in [0.4, 0.5) is 4.39 Å². The van der Waals surface area contributed by atoms with Gasteiger partial charge in [-0.2, -0.15) is 0 Å². The Morgan fingerprint density at radius 1 is 1.50 bits per heavy atom. The third-order valence-corrected chi connectivity index (χ3v) is 2.95. The van der Waals surface area contributed by atoms with Crippen LogP contribution in [0, 0.1) is 5.82 Å². The molecule has 1 aliphatic rings. The molecule has 1 heterocycles. The quantitative estimate of drug-likeness (QED) is 0.889. The first kappa shape index (κ1) is 13.7. The highest BCUT2D eigenvalue weighted by Crippen LogP contribution is 2.18. The Labute approximate surface area is 106 Å². The predicted octanol–water partition coefficient (Wildman–Crippen LogP) is 2.43. The minimum Gasteiger partial charge on any atom is -0.326 e. The number of rotatable bonds is 2. The molecule has 0 spiro atoms. The van der Waals surface area contributed by atoms with Crippen LogP contribution >= 0.6 is 24.0 Å². The summed E-state index contributed by atoms with van der Waals surface area (Å²) in [5.41, 5.74) is 6.43. The molecular weight excluding hydrogens is 250 g/mol. The van der Waals surface area contributed by atoms with Gasteiger partial charge in [0.05, 0.1) is 0 Å². The highest BCUT2D eigenvalue weighted by Gasteiger charge is 2.19. The van der Waals surface area contributed by atoms with Crippen LogP contribution in [0.5, 0.6) is 0 Å². The van der Waals surface area contributed by atoms with Crippen LogP contribution in [0.1, 0.15) is 12.0 Å². The summed E-state index contributed by atoms with van der Waals surface area (Å²) in [6.07, 6.45) is 0.988. The Morgan fingerprint density at radius 3 is 2.88 bits per heavy atom. The van der Waals surface area contributed by atoms with Gasteiger partial charge in [0, 0.05) is 36.3 Å². The van der Waals surface area contributed by atoms with E-state index in [0.717, 1.165) is 19.5 Å². The van der Waals surface area contributed by atoms with E-state index >= 15 is 0 Å². The molecule has 5 heteroatoms. The molecule has 0 aromatic heterocycles. The van der Waals surface area contributed by atoms with Crippen LogP contribution in [0.3, 0.4) is 0 Å². The van der Waals surface area contributed by atoms with E-state index in [1.165, 1.54) is 6.07 Å². The first-order valence-electron chi connectivity index (χ1n) is 5.07. The van der Waals surface area contributed by atoms with Crippen molar-refractivity contribution in [2.75, 3.05) is 13.1 Å². The maximum absolute atomic E-state index is 13.4. The number of benzene rings is 1. The third kappa shape index (κ3) is 3.32. The van der Waals surface area contributed by atoms with Crippen LogP contribution in [0.2, 0.25) is 5.02 Å². The summed E-state index contributed by atoms with van der Waals surface area (Å²) in [7, 11) is 0. The van der Waals surface area contributed by atoms with Gasteiger partial charge in [-0.3, -0.25) is 4.90 Å². The summed E-state index contributed by atoms with van der Waals surface area (Å²) >= 11 is 5.82. The first-order chi connectivity index (χ1) is 7.15. The van der Waals surface area contributed by atoms with Crippen molar-refractivity contribution in [1.82, 2.24) is 4.90 Å². The van der Waals surface area contributed by atoms with Crippen molar-refractivity contribution in [3.05, 3.63) is 34.6 Å². The van der Waals surface area contributed by atoms with Gasteiger partial charge in [0.1, 0.15) is 5.82 Å². The van der Waals surface area contributed by atoms with Crippen molar-refractivity contribution >= 4 is 24.0 Å². The zero-order valence-electron chi connectivity index (χ0n) is 8.83. The summed E-state index contributed by atoms with van der Waals surface area (Å²) < 4.78 is 13.4. The maximum Gasteiger partial charge on any atom is 0.127 e. The Hall–Kier alpha value is -0.350. The minimum absolute atomic E-state index is 0. The second-order valence-electron chi connectivity index (χ2n) is 4.02. The summed E-state index contributed by atoms with van der Waals surface area (Å²) in [6, 6.07) is 4.89. The summed E-state index contributed by atoms with van der Waals surface area (Å²) in [5, 5.41) is 0.579. The molecule has 2 nitrogen and oxygen atoms in total. The van der Waals surface area contributed by atoms with E-state index in [-0.39, 0.29) is 24.3 Å². The van der Waals surface area contributed by atoms with Gasteiger partial charge in [0.2, 0.25) is 0 Å². The first-order valence-corrected chi connectivity index (χ1v) is 5.45. The van der Waals surface area contributed by atoms with Gasteiger partial charge in [-0.15, -0.1) is 12.4 Å². The fourth-order valence-corrected chi connectivity index (χ4v) is 2.11. The lowest BCUT2D eigenvalue weighted by molar-refractivity contribution is 0.321. The normalized spacial score (nSPS) is 20.8. The molecule has 0 unspecified atom stereocenters. The van der Waals surface area contributed by atoms with Gasteiger partial charge in [-0.05, 0) is 24.6 Å². The Kier molecular flexibility index (Phi) is 4.99. The summed E-state index contributed by atoms with van der Waals surface area (Å²) in [4.78, 5) is 2.15. The topological polar surface area (TPSA) is 29.3 Å². The molecule has 90 valence electrons. The number of hydrogen-bond donors (Lipinski definition) is 1. The lowest BCUT2D eigenvalue weighted by Crippen LogP contribution is -2.26. The molecule has 0 bridgehead atoms. The number of halogens is 3. The monoisotopic (exact) mass is 264 g/mol. The van der Waals surface area contributed by atoms with Crippen molar-refractivity contribution in [1.29, 1.82) is 0 Å². The van der Waals surface area contributed by atoms with Crippen LogP contribution < -0.4 is 5.73 Å². The average molecular weight is 265 g/mol. The van der Waals surface area contributed by atoms with E-state index in [4.69, 9.17) is 17.3 Å². The highest BCUT2D eigenvalue weighted by molar-refractivity contribution is 6.30. The number of likely N-dealkylation sites (tertiary alicyclic amines) is 1. The van der Waals surface area contributed by atoms with Gasteiger partial charge in [0.15, 0.2) is 0 Å². The molecule has 1 aromatic rings.